The van der Waals surface area contributed by atoms with Crippen LogP contribution in [0.5, 0.6) is 0 Å². The van der Waals surface area contributed by atoms with Crippen LogP contribution in [0.4, 0.5) is 5.82 Å². The minimum atomic E-state index is -0.0139. The van der Waals surface area contributed by atoms with E-state index < -0.39 is 0 Å². The molecule has 1 unspecified atom stereocenters. The van der Waals surface area contributed by atoms with E-state index in [1.807, 2.05) is 48.7 Å². The number of hydrazine groups is 1. The molecule has 154 valence electrons. The van der Waals surface area contributed by atoms with Gasteiger partial charge in [-0.3, -0.25) is 0 Å². The summed E-state index contributed by atoms with van der Waals surface area (Å²) in [6, 6.07) is 11.1. The van der Waals surface area contributed by atoms with Crippen LogP contribution in [-0.2, 0) is 0 Å². The van der Waals surface area contributed by atoms with E-state index in [9.17, 15) is 0 Å². The van der Waals surface area contributed by atoms with E-state index in [0.29, 0.717) is 11.7 Å². The molecule has 12 heteroatoms. The third-order valence-electron chi connectivity index (χ3n) is 3.11. The quantitative estimate of drug-likeness (QED) is 0.167. The second-order valence-electron chi connectivity index (χ2n) is 5.06. The Balaban J connectivity index is 0.000000217. The number of halogens is 4. The van der Waals surface area contributed by atoms with Crippen molar-refractivity contribution >= 4 is 75.4 Å². The molecule has 0 spiro atoms. The van der Waals surface area contributed by atoms with E-state index in [1.54, 1.807) is 10.8 Å². The fraction of sp³-hybridized carbons (Fsp3) is 0.118. The molecule has 2 aromatic heterocycles. The van der Waals surface area contributed by atoms with Gasteiger partial charge in [-0.25, -0.2) is 15.8 Å². The van der Waals surface area contributed by atoms with Gasteiger partial charge in [0, 0.05) is 0 Å². The maximum absolute atomic E-state index is 5.59. The molecule has 1 atom stereocenters. The molecule has 4 heterocycles. The van der Waals surface area contributed by atoms with Gasteiger partial charge in [0.15, 0.2) is 0 Å². The van der Waals surface area contributed by atoms with Gasteiger partial charge in [-0.2, -0.15) is 0 Å². The highest BCUT2D eigenvalue weighted by Crippen LogP contribution is 2.22. The van der Waals surface area contributed by atoms with Crippen LogP contribution in [0, 0.1) is 0 Å². The number of nitrogens with one attached hydrogen (secondary N) is 1. The van der Waals surface area contributed by atoms with Crippen molar-refractivity contribution in [2.45, 2.75) is 13.5 Å². The molecular weight excluding hydrogens is 636 g/mol. The maximum Gasteiger partial charge on any atom is 0.295 e. The largest absolute Gasteiger partial charge is 0.360 e. The summed E-state index contributed by atoms with van der Waals surface area (Å²) in [6.07, 6.45) is 5.65. The Morgan fingerprint density at radius 1 is 0.931 bits per heavy atom. The van der Waals surface area contributed by atoms with Gasteiger partial charge in [0.05, 0.1) is 9.58 Å². The summed E-state index contributed by atoms with van der Waals surface area (Å²) in [4.78, 5) is 7.98. The summed E-state index contributed by atoms with van der Waals surface area (Å²) >= 11 is 13.0. The number of aromatic nitrogens is 2. The van der Waals surface area contributed by atoms with Gasteiger partial charge >= 0.3 is 0 Å². The van der Waals surface area contributed by atoms with E-state index in [-0.39, 0.29) is 13.5 Å². The van der Waals surface area contributed by atoms with Crippen molar-refractivity contribution in [1.82, 2.24) is 9.97 Å². The summed E-state index contributed by atoms with van der Waals surface area (Å²) in [7, 11) is 0. The SMILES string of the molecule is Brc1cccc(Br)n1.C.NC1=NN=[N+]2C=CC=C(Br)C12.NNc1cccc(Br)n1. The average molecular weight is 655 g/mol. The molecule has 5 N–H and O–H groups in total. The molecule has 0 saturated heterocycles. The summed E-state index contributed by atoms with van der Waals surface area (Å²) in [6.45, 7) is 0. The first kappa shape index (κ1) is 25.6. The van der Waals surface area contributed by atoms with Crippen LogP contribution in [0.25, 0.3) is 0 Å². The summed E-state index contributed by atoms with van der Waals surface area (Å²) < 4.78 is 5.18. The first-order chi connectivity index (χ1) is 13.4. The third kappa shape index (κ3) is 8.42. The van der Waals surface area contributed by atoms with Crippen LogP contribution in [0.3, 0.4) is 0 Å². The number of hydrogen-bond acceptors (Lipinski definition) is 7. The standard InChI is InChI=1S/C6H5BrN4.C5H3Br2N.C5H6BrN3.CH4/c7-4-2-1-3-11-5(4)6(8)9-10-11;6-4-2-1-3-5(7)8-4;6-4-2-1-3-5(8-4)9-7;/h1-3,5,8H;1-3H;1-3H,7H2,(H,8,9);1H4/p+1. The Hall–Kier alpha value is -1.47. The molecule has 0 bridgehead atoms. The van der Waals surface area contributed by atoms with Crippen LogP contribution >= 0.6 is 63.7 Å². The number of fused-ring (bicyclic) bond motifs is 1. The number of amidine groups is 1. The Kier molecular flexibility index (Phi) is 11.4. The fourth-order valence-corrected chi connectivity index (χ4v) is 3.78. The van der Waals surface area contributed by atoms with Gasteiger partial charge in [-0.1, -0.05) is 35.5 Å². The molecule has 0 aliphatic carbocycles. The minimum Gasteiger partial charge on any atom is -0.360 e. The number of pyridine rings is 2. The number of allylic oxidation sites excluding steroid dienone is 2. The molecule has 0 radical (unpaired) electrons. The summed E-state index contributed by atoms with van der Waals surface area (Å²) in [5, 5.41) is 7.58. The van der Waals surface area contributed by atoms with Gasteiger partial charge in [-0.05, 0) is 84.2 Å². The highest BCUT2D eigenvalue weighted by molar-refractivity contribution is 9.12. The van der Waals surface area contributed by atoms with Crippen LogP contribution < -0.4 is 17.0 Å². The van der Waals surface area contributed by atoms with E-state index >= 15 is 0 Å². The molecule has 2 aliphatic rings. The lowest BCUT2D eigenvalue weighted by Crippen LogP contribution is -2.33. The zero-order chi connectivity index (χ0) is 20.5. The van der Waals surface area contributed by atoms with E-state index in [4.69, 9.17) is 11.6 Å². The number of hydrogen-bond donors (Lipinski definition) is 3. The van der Waals surface area contributed by atoms with E-state index in [2.05, 4.69) is 89.4 Å². The van der Waals surface area contributed by atoms with Crippen molar-refractivity contribution in [2.24, 2.45) is 21.9 Å². The van der Waals surface area contributed by atoms with Crippen molar-refractivity contribution in [3.8, 4) is 0 Å². The van der Waals surface area contributed by atoms with E-state index in [1.165, 1.54) is 0 Å². The number of rotatable bonds is 1. The lowest BCUT2D eigenvalue weighted by atomic mass is 10.2. The number of anilines is 1. The smallest absolute Gasteiger partial charge is 0.295 e. The Bertz CT molecular complexity index is 925. The predicted octanol–water partition coefficient (Wildman–Crippen LogP) is 5.28. The van der Waals surface area contributed by atoms with Gasteiger partial charge < -0.3 is 11.2 Å². The predicted molar refractivity (Wildman–Crippen MR) is 130 cm³/mol. The number of nitrogens with zero attached hydrogens (tertiary/aromatic N) is 5. The fourth-order valence-electron chi connectivity index (χ4n) is 1.92. The maximum atomic E-state index is 5.59. The second-order valence-corrected chi connectivity index (χ2v) is 8.42. The molecule has 4 rings (SSSR count). The van der Waals surface area contributed by atoms with Crippen LogP contribution in [0.15, 0.2) is 83.4 Å². The van der Waals surface area contributed by atoms with Crippen LogP contribution in [0.2, 0.25) is 0 Å². The molecule has 2 aromatic rings. The van der Waals surface area contributed by atoms with Crippen molar-refractivity contribution in [2.75, 3.05) is 5.43 Å². The number of nitrogen functional groups attached to an aromatic ring is 1. The van der Waals surface area contributed by atoms with Crippen LogP contribution in [-0.4, -0.2) is 26.5 Å². The average Bonchev–Trinajstić information content (AvgIpc) is 3.05. The monoisotopic (exact) mass is 651 g/mol. The van der Waals surface area contributed by atoms with E-state index in [0.717, 1.165) is 18.3 Å². The zero-order valence-electron chi connectivity index (χ0n) is 14.2. The summed E-state index contributed by atoms with van der Waals surface area (Å²) in [5.74, 6) is 6.27. The molecule has 8 nitrogen and oxygen atoms in total. The topological polar surface area (TPSA) is 118 Å². The zero-order valence-corrected chi connectivity index (χ0v) is 20.5. The van der Waals surface area contributed by atoms with Crippen molar-refractivity contribution in [3.05, 3.63) is 73.0 Å². The molecule has 0 aromatic carbocycles. The van der Waals surface area contributed by atoms with Gasteiger partial charge in [0.25, 0.3) is 5.84 Å². The highest BCUT2D eigenvalue weighted by atomic mass is 79.9. The Morgan fingerprint density at radius 3 is 1.97 bits per heavy atom. The normalized spacial score (nSPS) is 15.8. The van der Waals surface area contributed by atoms with Crippen molar-refractivity contribution in [3.63, 3.8) is 0 Å². The molecular formula is C17H19Br4N8+. The molecule has 0 amide bonds. The Labute approximate surface area is 202 Å². The molecule has 2 aliphatic heterocycles. The van der Waals surface area contributed by atoms with Gasteiger partial charge in [0.2, 0.25) is 6.04 Å². The second kappa shape index (κ2) is 13.0. The molecule has 0 fully saturated rings. The van der Waals surface area contributed by atoms with Crippen molar-refractivity contribution in [1.29, 1.82) is 0 Å². The molecule has 0 saturated carbocycles. The Morgan fingerprint density at radius 2 is 1.52 bits per heavy atom. The first-order valence-electron chi connectivity index (χ1n) is 7.64. The minimum absolute atomic E-state index is 0. The van der Waals surface area contributed by atoms with Crippen molar-refractivity contribution < 1.29 is 4.70 Å². The van der Waals surface area contributed by atoms with Gasteiger partial charge in [0.1, 0.15) is 31.1 Å². The van der Waals surface area contributed by atoms with Gasteiger partial charge in [-0.15, -0.1) is 4.70 Å². The first-order valence-corrected chi connectivity index (χ1v) is 10.8. The third-order valence-corrected chi connectivity index (χ3v) is 5.13. The van der Waals surface area contributed by atoms with Crippen LogP contribution in [0.1, 0.15) is 7.43 Å². The number of nitrogens with two attached hydrogens (primary N) is 2. The molecule has 29 heavy (non-hydrogen) atoms. The highest BCUT2D eigenvalue weighted by Gasteiger charge is 2.35. The lowest BCUT2D eigenvalue weighted by molar-refractivity contribution is -0.535. The summed E-state index contributed by atoms with van der Waals surface area (Å²) in [5.41, 5.74) is 8.02. The lowest BCUT2D eigenvalue weighted by Gasteiger charge is -2.07.